The average molecular weight is 229 g/mol. The Bertz CT molecular complexity index is 532. The molecule has 0 aliphatic heterocycles. The van der Waals surface area contributed by atoms with E-state index >= 15 is 0 Å². The first kappa shape index (κ1) is 11.8. The molecule has 0 radical (unpaired) electrons. The third-order valence-corrected chi connectivity index (χ3v) is 2.99. The maximum absolute atomic E-state index is 13.5. The molecule has 0 bridgehead atoms. The SMILES string of the molecule is Cc1c(F)cccc1-c1cccc(C(C)N)c1. The lowest BCUT2D eigenvalue weighted by molar-refractivity contribution is 0.619. The van der Waals surface area contributed by atoms with Crippen LogP contribution in [0, 0.1) is 12.7 Å². The minimum absolute atomic E-state index is 0.0104. The average Bonchev–Trinajstić information content (AvgIpc) is 2.33. The first-order chi connectivity index (χ1) is 8.09. The molecule has 17 heavy (non-hydrogen) atoms. The zero-order chi connectivity index (χ0) is 12.4. The summed E-state index contributed by atoms with van der Waals surface area (Å²) in [6.45, 7) is 3.74. The molecule has 0 amide bonds. The van der Waals surface area contributed by atoms with E-state index in [1.165, 1.54) is 6.07 Å². The predicted octanol–water partition coefficient (Wildman–Crippen LogP) is 3.82. The summed E-state index contributed by atoms with van der Waals surface area (Å²) in [6, 6.07) is 13.1. The van der Waals surface area contributed by atoms with Crippen LogP contribution in [-0.4, -0.2) is 0 Å². The highest BCUT2D eigenvalue weighted by Gasteiger charge is 2.07. The van der Waals surface area contributed by atoms with Crippen LogP contribution >= 0.6 is 0 Å². The van der Waals surface area contributed by atoms with E-state index in [0.717, 1.165) is 16.7 Å². The van der Waals surface area contributed by atoms with Crippen LogP contribution in [0.2, 0.25) is 0 Å². The second kappa shape index (κ2) is 4.68. The number of halogens is 1. The minimum atomic E-state index is -0.172. The molecule has 2 heteroatoms. The Morgan fingerprint density at radius 3 is 2.53 bits per heavy atom. The Morgan fingerprint density at radius 1 is 1.12 bits per heavy atom. The van der Waals surface area contributed by atoms with E-state index in [2.05, 4.69) is 0 Å². The van der Waals surface area contributed by atoms with Crippen molar-refractivity contribution in [3.8, 4) is 11.1 Å². The van der Waals surface area contributed by atoms with Gasteiger partial charge in [0.1, 0.15) is 5.82 Å². The van der Waals surface area contributed by atoms with Crippen LogP contribution in [0.25, 0.3) is 11.1 Å². The van der Waals surface area contributed by atoms with E-state index in [4.69, 9.17) is 5.73 Å². The topological polar surface area (TPSA) is 26.0 Å². The van der Waals surface area contributed by atoms with E-state index in [-0.39, 0.29) is 11.9 Å². The van der Waals surface area contributed by atoms with Crippen molar-refractivity contribution < 1.29 is 4.39 Å². The third kappa shape index (κ3) is 2.37. The molecular formula is C15H16FN. The second-order valence-electron chi connectivity index (χ2n) is 4.33. The Balaban J connectivity index is 2.53. The highest BCUT2D eigenvalue weighted by Crippen LogP contribution is 2.26. The van der Waals surface area contributed by atoms with E-state index in [0.29, 0.717) is 5.56 Å². The molecule has 0 spiro atoms. The summed E-state index contributed by atoms with van der Waals surface area (Å²) in [5.41, 5.74) is 9.53. The standard InChI is InChI=1S/C15H16FN/c1-10-14(7-4-8-15(10)16)13-6-3-5-12(9-13)11(2)17/h3-9,11H,17H2,1-2H3. The van der Waals surface area contributed by atoms with Crippen LogP contribution < -0.4 is 5.73 Å². The molecule has 0 aromatic heterocycles. The van der Waals surface area contributed by atoms with Gasteiger partial charge in [0.25, 0.3) is 0 Å². The summed E-state index contributed by atoms with van der Waals surface area (Å²) in [7, 11) is 0. The van der Waals surface area contributed by atoms with E-state index in [1.807, 2.05) is 37.3 Å². The molecule has 2 N–H and O–H groups in total. The van der Waals surface area contributed by atoms with Crippen molar-refractivity contribution in [1.29, 1.82) is 0 Å². The van der Waals surface area contributed by atoms with E-state index in [9.17, 15) is 4.39 Å². The fraction of sp³-hybridized carbons (Fsp3) is 0.200. The van der Waals surface area contributed by atoms with Crippen molar-refractivity contribution in [2.75, 3.05) is 0 Å². The van der Waals surface area contributed by atoms with Crippen LogP contribution in [0.3, 0.4) is 0 Å². The van der Waals surface area contributed by atoms with Crippen LogP contribution in [0.15, 0.2) is 42.5 Å². The zero-order valence-electron chi connectivity index (χ0n) is 10.1. The summed E-state index contributed by atoms with van der Waals surface area (Å²) in [4.78, 5) is 0. The van der Waals surface area contributed by atoms with Gasteiger partial charge in [0.05, 0.1) is 0 Å². The molecular weight excluding hydrogens is 213 g/mol. The van der Waals surface area contributed by atoms with Crippen LogP contribution in [0.4, 0.5) is 4.39 Å². The van der Waals surface area contributed by atoms with E-state index in [1.54, 1.807) is 13.0 Å². The van der Waals surface area contributed by atoms with Crippen molar-refractivity contribution >= 4 is 0 Å². The van der Waals surface area contributed by atoms with Gasteiger partial charge in [-0.25, -0.2) is 4.39 Å². The van der Waals surface area contributed by atoms with Gasteiger partial charge < -0.3 is 5.73 Å². The molecule has 0 fully saturated rings. The number of nitrogens with two attached hydrogens (primary N) is 1. The Morgan fingerprint density at radius 2 is 1.82 bits per heavy atom. The van der Waals surface area contributed by atoms with Gasteiger partial charge in [0.2, 0.25) is 0 Å². The molecule has 1 atom stereocenters. The Kier molecular flexibility index (Phi) is 3.25. The van der Waals surface area contributed by atoms with Crippen molar-refractivity contribution in [3.63, 3.8) is 0 Å². The molecule has 2 aromatic rings. The number of hydrogen-bond donors (Lipinski definition) is 1. The van der Waals surface area contributed by atoms with Crippen molar-refractivity contribution in [3.05, 3.63) is 59.4 Å². The molecule has 0 heterocycles. The molecule has 1 nitrogen and oxygen atoms in total. The predicted molar refractivity (Wildman–Crippen MR) is 69.2 cm³/mol. The van der Waals surface area contributed by atoms with Crippen LogP contribution in [-0.2, 0) is 0 Å². The van der Waals surface area contributed by atoms with Crippen molar-refractivity contribution in [2.45, 2.75) is 19.9 Å². The summed E-state index contributed by atoms with van der Waals surface area (Å²) < 4.78 is 13.5. The van der Waals surface area contributed by atoms with Crippen molar-refractivity contribution in [2.24, 2.45) is 5.73 Å². The lowest BCUT2D eigenvalue weighted by atomic mass is 9.97. The molecule has 88 valence electrons. The van der Waals surface area contributed by atoms with Crippen molar-refractivity contribution in [1.82, 2.24) is 0 Å². The van der Waals surface area contributed by atoms with Crippen LogP contribution in [0.5, 0.6) is 0 Å². The quantitative estimate of drug-likeness (QED) is 0.832. The second-order valence-corrected chi connectivity index (χ2v) is 4.33. The fourth-order valence-corrected chi connectivity index (χ4v) is 1.91. The smallest absolute Gasteiger partial charge is 0.126 e. The fourth-order valence-electron chi connectivity index (χ4n) is 1.91. The highest BCUT2D eigenvalue weighted by atomic mass is 19.1. The maximum atomic E-state index is 13.5. The Labute approximate surface area is 101 Å². The molecule has 0 saturated heterocycles. The van der Waals surface area contributed by atoms with Gasteiger partial charge >= 0.3 is 0 Å². The van der Waals surface area contributed by atoms with Gasteiger partial charge in [-0.05, 0) is 48.2 Å². The molecule has 2 rings (SSSR count). The summed E-state index contributed by atoms with van der Waals surface area (Å²) in [5.74, 6) is -0.172. The monoisotopic (exact) mass is 229 g/mol. The van der Waals surface area contributed by atoms with Gasteiger partial charge in [0.15, 0.2) is 0 Å². The maximum Gasteiger partial charge on any atom is 0.126 e. The van der Waals surface area contributed by atoms with Gasteiger partial charge in [0, 0.05) is 6.04 Å². The number of benzene rings is 2. The molecule has 1 unspecified atom stereocenters. The summed E-state index contributed by atoms with van der Waals surface area (Å²) in [6.07, 6.45) is 0. The lowest BCUT2D eigenvalue weighted by Gasteiger charge is -2.10. The van der Waals surface area contributed by atoms with E-state index < -0.39 is 0 Å². The highest BCUT2D eigenvalue weighted by molar-refractivity contribution is 5.68. The van der Waals surface area contributed by atoms with Gasteiger partial charge in [-0.15, -0.1) is 0 Å². The molecule has 0 aliphatic carbocycles. The largest absolute Gasteiger partial charge is 0.324 e. The Hall–Kier alpha value is -1.67. The normalized spacial score (nSPS) is 12.5. The summed E-state index contributed by atoms with van der Waals surface area (Å²) in [5, 5.41) is 0. The lowest BCUT2D eigenvalue weighted by Crippen LogP contribution is -2.04. The van der Waals surface area contributed by atoms with Crippen LogP contribution in [0.1, 0.15) is 24.1 Å². The molecule has 0 aliphatic rings. The number of hydrogen-bond acceptors (Lipinski definition) is 1. The number of rotatable bonds is 2. The van der Waals surface area contributed by atoms with Gasteiger partial charge in [-0.1, -0.05) is 30.3 Å². The molecule has 0 saturated carbocycles. The first-order valence-corrected chi connectivity index (χ1v) is 5.70. The molecule has 2 aromatic carbocycles. The zero-order valence-corrected chi connectivity index (χ0v) is 10.1. The van der Waals surface area contributed by atoms with Gasteiger partial charge in [-0.2, -0.15) is 0 Å². The first-order valence-electron chi connectivity index (χ1n) is 5.70. The third-order valence-electron chi connectivity index (χ3n) is 2.99. The summed E-state index contributed by atoms with van der Waals surface area (Å²) >= 11 is 0. The minimum Gasteiger partial charge on any atom is -0.324 e. The van der Waals surface area contributed by atoms with Gasteiger partial charge in [-0.3, -0.25) is 0 Å².